The van der Waals surface area contributed by atoms with Crippen LogP contribution in [-0.4, -0.2) is 31.1 Å². The number of carbonyl (C=O) groups excluding carboxylic acids is 1. The Balaban J connectivity index is 1.75. The van der Waals surface area contributed by atoms with E-state index in [2.05, 4.69) is 18.7 Å². The standard InChI is InChI=1S/C16H18O4/c1-2-14(17)20-15-12(8-11-6-4-3-5-7-11)9-13-10-18-16(15)19-13/h2-7,12-13,15-16H,1,8-10H2/t12?,13-,15?,16+/m0/s1. The second-order valence-electron chi connectivity index (χ2n) is 5.25. The van der Waals surface area contributed by atoms with Gasteiger partial charge in [-0.25, -0.2) is 4.79 Å². The van der Waals surface area contributed by atoms with Gasteiger partial charge in [0, 0.05) is 12.0 Å². The van der Waals surface area contributed by atoms with Crippen molar-refractivity contribution in [3.05, 3.63) is 48.6 Å². The average Bonchev–Trinajstić information content (AvgIpc) is 2.87. The van der Waals surface area contributed by atoms with Gasteiger partial charge in [0.05, 0.1) is 12.7 Å². The van der Waals surface area contributed by atoms with E-state index in [0.717, 1.165) is 12.8 Å². The topological polar surface area (TPSA) is 44.8 Å². The molecule has 20 heavy (non-hydrogen) atoms. The fourth-order valence-corrected chi connectivity index (χ4v) is 2.91. The van der Waals surface area contributed by atoms with E-state index in [-0.39, 0.29) is 18.1 Å². The second kappa shape index (κ2) is 5.77. The molecule has 106 valence electrons. The van der Waals surface area contributed by atoms with Crippen LogP contribution in [0.15, 0.2) is 43.0 Å². The molecule has 2 fully saturated rings. The van der Waals surface area contributed by atoms with Crippen molar-refractivity contribution in [2.45, 2.75) is 31.3 Å². The number of carbonyl (C=O) groups is 1. The third-order valence-electron chi connectivity index (χ3n) is 3.83. The van der Waals surface area contributed by atoms with Crippen LogP contribution in [0.1, 0.15) is 12.0 Å². The summed E-state index contributed by atoms with van der Waals surface area (Å²) in [5, 5.41) is 0. The first-order chi connectivity index (χ1) is 9.76. The van der Waals surface area contributed by atoms with E-state index in [1.807, 2.05) is 18.2 Å². The number of fused-ring (bicyclic) bond motifs is 2. The molecule has 3 rings (SSSR count). The molecule has 4 heteroatoms. The Morgan fingerprint density at radius 3 is 2.95 bits per heavy atom. The summed E-state index contributed by atoms with van der Waals surface area (Å²) in [4.78, 5) is 11.5. The number of ether oxygens (including phenoxy) is 3. The molecular formula is C16H18O4. The number of rotatable bonds is 4. The Morgan fingerprint density at radius 2 is 2.20 bits per heavy atom. The zero-order valence-electron chi connectivity index (χ0n) is 11.2. The lowest BCUT2D eigenvalue weighted by atomic mass is 9.87. The molecule has 0 aliphatic carbocycles. The molecule has 2 unspecified atom stereocenters. The van der Waals surface area contributed by atoms with Gasteiger partial charge in [0.2, 0.25) is 0 Å². The van der Waals surface area contributed by atoms with Crippen LogP contribution in [-0.2, 0) is 25.4 Å². The molecule has 0 aromatic heterocycles. The summed E-state index contributed by atoms with van der Waals surface area (Å²) < 4.78 is 16.7. The first kappa shape index (κ1) is 13.3. The lowest BCUT2D eigenvalue weighted by molar-refractivity contribution is -0.198. The summed E-state index contributed by atoms with van der Waals surface area (Å²) in [6.45, 7) is 4.02. The molecule has 2 heterocycles. The Hall–Kier alpha value is -1.65. The van der Waals surface area contributed by atoms with Gasteiger partial charge in [0.1, 0.15) is 0 Å². The molecule has 1 aromatic rings. The van der Waals surface area contributed by atoms with Crippen molar-refractivity contribution in [3.8, 4) is 0 Å². The highest BCUT2D eigenvalue weighted by Gasteiger charge is 2.46. The Labute approximate surface area is 118 Å². The maximum absolute atomic E-state index is 11.5. The van der Waals surface area contributed by atoms with Crippen LogP contribution in [0.3, 0.4) is 0 Å². The Morgan fingerprint density at radius 1 is 1.40 bits per heavy atom. The van der Waals surface area contributed by atoms with Crippen molar-refractivity contribution < 1.29 is 19.0 Å². The number of hydrogen-bond acceptors (Lipinski definition) is 4. The zero-order valence-corrected chi connectivity index (χ0v) is 11.2. The SMILES string of the molecule is C=CC(=O)OC1C(Cc2ccccc2)C[C@H]2CO[C@@H]1O2. The van der Waals surface area contributed by atoms with Crippen LogP contribution >= 0.6 is 0 Å². The maximum atomic E-state index is 11.5. The van der Waals surface area contributed by atoms with Gasteiger partial charge in [-0.15, -0.1) is 0 Å². The number of esters is 1. The second-order valence-corrected chi connectivity index (χ2v) is 5.25. The number of hydrogen-bond donors (Lipinski definition) is 0. The smallest absolute Gasteiger partial charge is 0.330 e. The van der Waals surface area contributed by atoms with E-state index >= 15 is 0 Å². The highest BCUT2D eigenvalue weighted by molar-refractivity contribution is 5.81. The van der Waals surface area contributed by atoms with Crippen LogP contribution in [0.2, 0.25) is 0 Å². The fraction of sp³-hybridized carbons (Fsp3) is 0.438. The predicted octanol–water partition coefficient (Wildman–Crippen LogP) is 2.09. The van der Waals surface area contributed by atoms with Gasteiger partial charge in [-0.05, 0) is 18.4 Å². The van der Waals surface area contributed by atoms with Crippen LogP contribution in [0.5, 0.6) is 0 Å². The molecule has 4 nitrogen and oxygen atoms in total. The van der Waals surface area contributed by atoms with Gasteiger partial charge < -0.3 is 14.2 Å². The highest BCUT2D eigenvalue weighted by atomic mass is 16.7. The summed E-state index contributed by atoms with van der Waals surface area (Å²) in [7, 11) is 0. The third-order valence-corrected chi connectivity index (χ3v) is 3.83. The lowest BCUT2D eigenvalue weighted by Crippen LogP contribution is -2.44. The van der Waals surface area contributed by atoms with Gasteiger partial charge >= 0.3 is 5.97 Å². The van der Waals surface area contributed by atoms with E-state index in [1.54, 1.807) is 0 Å². The normalized spacial score (nSPS) is 31.8. The van der Waals surface area contributed by atoms with Gasteiger partial charge in [-0.2, -0.15) is 0 Å². The third kappa shape index (κ3) is 2.76. The minimum Gasteiger partial charge on any atom is -0.453 e. The fourth-order valence-electron chi connectivity index (χ4n) is 2.91. The van der Waals surface area contributed by atoms with E-state index < -0.39 is 12.3 Å². The van der Waals surface area contributed by atoms with Crippen LogP contribution in [0.25, 0.3) is 0 Å². The summed E-state index contributed by atoms with van der Waals surface area (Å²) in [5.41, 5.74) is 1.23. The molecule has 4 atom stereocenters. The summed E-state index contributed by atoms with van der Waals surface area (Å²) in [6, 6.07) is 10.2. The molecule has 2 saturated heterocycles. The maximum Gasteiger partial charge on any atom is 0.330 e. The molecule has 2 bridgehead atoms. The quantitative estimate of drug-likeness (QED) is 0.623. The molecule has 2 aliphatic heterocycles. The van der Waals surface area contributed by atoms with E-state index in [4.69, 9.17) is 14.2 Å². The predicted molar refractivity (Wildman–Crippen MR) is 72.9 cm³/mol. The van der Waals surface area contributed by atoms with Crippen molar-refractivity contribution in [1.82, 2.24) is 0 Å². The summed E-state index contributed by atoms with van der Waals surface area (Å²) in [6.07, 6.45) is 2.20. The largest absolute Gasteiger partial charge is 0.453 e. The van der Waals surface area contributed by atoms with E-state index in [1.165, 1.54) is 11.6 Å². The van der Waals surface area contributed by atoms with Gasteiger partial charge in [0.25, 0.3) is 0 Å². The summed E-state index contributed by atoms with van der Waals surface area (Å²) >= 11 is 0. The molecular weight excluding hydrogens is 256 g/mol. The Bertz CT molecular complexity index is 485. The molecule has 0 amide bonds. The first-order valence-electron chi connectivity index (χ1n) is 6.90. The summed E-state index contributed by atoms with van der Waals surface area (Å²) in [5.74, 6) is -0.210. The van der Waals surface area contributed by atoms with Crippen molar-refractivity contribution in [2.24, 2.45) is 5.92 Å². The van der Waals surface area contributed by atoms with Gasteiger partial charge in [-0.1, -0.05) is 36.9 Å². The zero-order chi connectivity index (χ0) is 13.9. The van der Waals surface area contributed by atoms with Crippen molar-refractivity contribution >= 4 is 5.97 Å². The van der Waals surface area contributed by atoms with Gasteiger partial charge in [0.15, 0.2) is 12.4 Å². The van der Waals surface area contributed by atoms with E-state index in [0.29, 0.717) is 6.61 Å². The van der Waals surface area contributed by atoms with Crippen molar-refractivity contribution in [2.75, 3.05) is 6.61 Å². The molecule has 2 aliphatic rings. The molecule has 1 aromatic carbocycles. The molecule has 0 N–H and O–H groups in total. The van der Waals surface area contributed by atoms with Gasteiger partial charge in [-0.3, -0.25) is 0 Å². The molecule has 0 radical (unpaired) electrons. The number of benzene rings is 1. The van der Waals surface area contributed by atoms with E-state index in [9.17, 15) is 4.79 Å². The highest BCUT2D eigenvalue weighted by Crippen LogP contribution is 2.35. The van der Waals surface area contributed by atoms with Crippen LogP contribution < -0.4 is 0 Å². The minimum absolute atomic E-state index is 0.118. The van der Waals surface area contributed by atoms with Crippen molar-refractivity contribution in [3.63, 3.8) is 0 Å². The lowest BCUT2D eigenvalue weighted by Gasteiger charge is -2.34. The monoisotopic (exact) mass is 274 g/mol. The van der Waals surface area contributed by atoms with Crippen LogP contribution in [0.4, 0.5) is 0 Å². The average molecular weight is 274 g/mol. The molecule has 0 saturated carbocycles. The Kier molecular flexibility index (Phi) is 3.85. The first-order valence-corrected chi connectivity index (χ1v) is 6.90. The minimum atomic E-state index is -0.439. The van der Waals surface area contributed by atoms with Crippen LogP contribution in [0, 0.1) is 5.92 Å². The van der Waals surface area contributed by atoms with Crippen molar-refractivity contribution in [1.29, 1.82) is 0 Å². The molecule has 0 spiro atoms.